The summed E-state index contributed by atoms with van der Waals surface area (Å²) in [5.74, 6) is 0. The molecule has 0 aliphatic rings. The third-order valence-corrected chi connectivity index (χ3v) is 4.71. The fourth-order valence-electron chi connectivity index (χ4n) is 2.09. The second-order valence-corrected chi connectivity index (χ2v) is 6.46. The summed E-state index contributed by atoms with van der Waals surface area (Å²) >= 11 is 1.85. The molecule has 116 valence electrons. The van der Waals surface area contributed by atoms with Crippen molar-refractivity contribution >= 4 is 16.5 Å². The second kappa shape index (κ2) is 10.2. The lowest BCUT2D eigenvalue weighted by Crippen LogP contribution is -2.25. The van der Waals surface area contributed by atoms with Crippen molar-refractivity contribution in [2.75, 3.05) is 24.5 Å². The van der Waals surface area contributed by atoms with Crippen LogP contribution >= 0.6 is 11.3 Å². The normalized spacial score (nSPS) is 12.6. The van der Waals surface area contributed by atoms with Gasteiger partial charge < -0.3 is 10.2 Å². The van der Waals surface area contributed by atoms with Gasteiger partial charge in [0.1, 0.15) is 0 Å². The molecular weight excluding hydrogens is 266 g/mol. The summed E-state index contributed by atoms with van der Waals surface area (Å²) in [5, 5.41) is 4.74. The largest absolute Gasteiger partial charge is 0.348 e. The Morgan fingerprint density at radius 1 is 1.15 bits per heavy atom. The highest BCUT2D eigenvalue weighted by molar-refractivity contribution is 7.15. The van der Waals surface area contributed by atoms with E-state index >= 15 is 0 Å². The average Bonchev–Trinajstić information content (AvgIpc) is 2.94. The highest BCUT2D eigenvalue weighted by atomic mass is 32.1. The van der Waals surface area contributed by atoms with Gasteiger partial charge in [0.25, 0.3) is 0 Å². The molecular formula is C16H31N3S. The summed E-state index contributed by atoms with van der Waals surface area (Å²) in [7, 11) is 0. The summed E-state index contributed by atoms with van der Waals surface area (Å²) < 4.78 is 0. The first-order valence-electron chi connectivity index (χ1n) is 8.16. The van der Waals surface area contributed by atoms with Crippen LogP contribution < -0.4 is 10.2 Å². The van der Waals surface area contributed by atoms with E-state index in [0.29, 0.717) is 6.04 Å². The minimum atomic E-state index is 0.417. The van der Waals surface area contributed by atoms with Gasteiger partial charge in [0.05, 0.1) is 0 Å². The van der Waals surface area contributed by atoms with Crippen LogP contribution in [0.4, 0.5) is 5.13 Å². The van der Waals surface area contributed by atoms with Crippen LogP contribution in [0.25, 0.3) is 0 Å². The van der Waals surface area contributed by atoms with Gasteiger partial charge in [-0.05, 0) is 32.7 Å². The lowest BCUT2D eigenvalue weighted by atomic mass is 10.3. The number of nitrogens with zero attached hydrogens (tertiary/aromatic N) is 2. The van der Waals surface area contributed by atoms with Crippen LogP contribution in [-0.2, 0) is 0 Å². The van der Waals surface area contributed by atoms with Crippen molar-refractivity contribution in [1.82, 2.24) is 10.3 Å². The van der Waals surface area contributed by atoms with Crippen LogP contribution in [-0.4, -0.2) is 24.6 Å². The maximum atomic E-state index is 4.66. The van der Waals surface area contributed by atoms with Crippen LogP contribution in [0.2, 0.25) is 0 Å². The van der Waals surface area contributed by atoms with Gasteiger partial charge in [-0.15, -0.1) is 11.3 Å². The SMILES string of the molecule is CCCCN(CCCC)c1ncc(C(C)NCCC)s1. The summed E-state index contributed by atoms with van der Waals surface area (Å²) in [6.45, 7) is 12.3. The van der Waals surface area contributed by atoms with Gasteiger partial charge in [-0.25, -0.2) is 4.98 Å². The smallest absolute Gasteiger partial charge is 0.185 e. The van der Waals surface area contributed by atoms with E-state index < -0.39 is 0 Å². The zero-order valence-electron chi connectivity index (χ0n) is 13.6. The zero-order chi connectivity index (χ0) is 14.8. The Morgan fingerprint density at radius 3 is 2.35 bits per heavy atom. The van der Waals surface area contributed by atoms with E-state index in [4.69, 9.17) is 0 Å². The molecule has 3 nitrogen and oxygen atoms in total. The molecule has 1 atom stereocenters. The molecule has 1 aromatic rings. The summed E-state index contributed by atoms with van der Waals surface area (Å²) in [6.07, 6.45) is 8.22. The lowest BCUT2D eigenvalue weighted by molar-refractivity contribution is 0.577. The van der Waals surface area contributed by atoms with E-state index in [2.05, 4.69) is 49.1 Å². The first-order chi connectivity index (χ1) is 9.72. The lowest BCUT2D eigenvalue weighted by Gasteiger charge is -2.21. The predicted octanol–water partition coefficient (Wildman–Crippen LogP) is 4.61. The third-order valence-electron chi connectivity index (χ3n) is 3.47. The average molecular weight is 298 g/mol. The molecule has 1 N–H and O–H groups in total. The molecule has 1 rings (SSSR count). The van der Waals surface area contributed by atoms with Crippen LogP contribution in [0, 0.1) is 0 Å². The van der Waals surface area contributed by atoms with E-state index in [1.54, 1.807) is 0 Å². The Hall–Kier alpha value is -0.610. The van der Waals surface area contributed by atoms with Crippen LogP contribution in [0.5, 0.6) is 0 Å². The standard InChI is InChI=1S/C16H31N3S/c1-5-8-11-19(12-9-6-2)16-18-13-15(20-16)14(4)17-10-7-3/h13-14,17H,5-12H2,1-4H3. The molecule has 0 fully saturated rings. The number of aromatic nitrogens is 1. The fraction of sp³-hybridized carbons (Fsp3) is 0.812. The number of nitrogens with one attached hydrogen (secondary N) is 1. The van der Waals surface area contributed by atoms with Crippen molar-refractivity contribution in [2.45, 2.75) is 65.8 Å². The van der Waals surface area contributed by atoms with Crippen molar-refractivity contribution in [3.63, 3.8) is 0 Å². The van der Waals surface area contributed by atoms with Crippen LogP contribution in [0.15, 0.2) is 6.20 Å². The van der Waals surface area contributed by atoms with Gasteiger partial charge in [0.2, 0.25) is 0 Å². The Bertz CT molecular complexity index is 343. The molecule has 0 aliphatic heterocycles. The van der Waals surface area contributed by atoms with Gasteiger partial charge >= 0.3 is 0 Å². The fourth-order valence-corrected chi connectivity index (χ4v) is 3.08. The van der Waals surface area contributed by atoms with E-state index in [0.717, 1.165) is 19.6 Å². The van der Waals surface area contributed by atoms with Crippen LogP contribution in [0.1, 0.15) is 70.7 Å². The summed E-state index contributed by atoms with van der Waals surface area (Å²) in [4.78, 5) is 8.48. The van der Waals surface area contributed by atoms with Gasteiger partial charge in [-0.2, -0.15) is 0 Å². The first-order valence-corrected chi connectivity index (χ1v) is 8.98. The molecule has 1 heterocycles. The number of hydrogen-bond donors (Lipinski definition) is 1. The van der Waals surface area contributed by atoms with E-state index in [9.17, 15) is 0 Å². The van der Waals surface area contributed by atoms with E-state index in [1.165, 1.54) is 42.1 Å². The van der Waals surface area contributed by atoms with E-state index in [1.807, 2.05) is 11.3 Å². The van der Waals surface area contributed by atoms with Crippen molar-refractivity contribution in [3.05, 3.63) is 11.1 Å². The van der Waals surface area contributed by atoms with Crippen LogP contribution in [0.3, 0.4) is 0 Å². The summed E-state index contributed by atoms with van der Waals surface area (Å²) in [5.41, 5.74) is 0. The molecule has 0 saturated carbocycles. The van der Waals surface area contributed by atoms with Crippen molar-refractivity contribution in [3.8, 4) is 0 Å². The molecule has 0 aliphatic carbocycles. The Labute approximate surface area is 128 Å². The molecule has 20 heavy (non-hydrogen) atoms. The van der Waals surface area contributed by atoms with Crippen molar-refractivity contribution < 1.29 is 0 Å². The maximum Gasteiger partial charge on any atom is 0.185 e. The van der Waals surface area contributed by atoms with Crippen molar-refractivity contribution in [1.29, 1.82) is 0 Å². The molecule has 1 aromatic heterocycles. The topological polar surface area (TPSA) is 28.2 Å². The van der Waals surface area contributed by atoms with Gasteiger partial charge in [0.15, 0.2) is 5.13 Å². The van der Waals surface area contributed by atoms with Crippen molar-refractivity contribution in [2.24, 2.45) is 0 Å². The first kappa shape index (κ1) is 17.4. The molecule has 0 saturated heterocycles. The Kier molecular flexibility index (Phi) is 8.86. The number of anilines is 1. The van der Waals surface area contributed by atoms with Gasteiger partial charge in [0, 0.05) is 30.2 Å². The van der Waals surface area contributed by atoms with Gasteiger partial charge in [-0.3, -0.25) is 0 Å². The molecule has 0 spiro atoms. The molecule has 0 amide bonds. The quantitative estimate of drug-likeness (QED) is 0.646. The van der Waals surface area contributed by atoms with Gasteiger partial charge in [-0.1, -0.05) is 33.6 Å². The highest BCUT2D eigenvalue weighted by Gasteiger charge is 2.13. The molecule has 0 aromatic carbocycles. The molecule has 0 radical (unpaired) electrons. The van der Waals surface area contributed by atoms with E-state index in [-0.39, 0.29) is 0 Å². The zero-order valence-corrected chi connectivity index (χ0v) is 14.4. The molecule has 1 unspecified atom stereocenters. The molecule has 4 heteroatoms. The minimum Gasteiger partial charge on any atom is -0.348 e. The number of thiazole rings is 1. The summed E-state index contributed by atoms with van der Waals surface area (Å²) in [6, 6.07) is 0.417. The Balaban J connectivity index is 2.63. The highest BCUT2D eigenvalue weighted by Crippen LogP contribution is 2.27. The number of rotatable bonds is 11. The minimum absolute atomic E-state index is 0.417. The molecule has 0 bridgehead atoms. The number of unbranched alkanes of at least 4 members (excludes halogenated alkanes) is 2. The predicted molar refractivity (Wildman–Crippen MR) is 90.9 cm³/mol. The second-order valence-electron chi connectivity index (χ2n) is 5.42. The monoisotopic (exact) mass is 297 g/mol. The third kappa shape index (κ3) is 5.80. The Morgan fingerprint density at radius 2 is 1.80 bits per heavy atom. The maximum absolute atomic E-state index is 4.66. The number of hydrogen-bond acceptors (Lipinski definition) is 4.